The number of likely N-dealkylation sites (N-methyl/N-ethyl adjacent to an activating group) is 1. The van der Waals surface area contributed by atoms with Gasteiger partial charge in [0.15, 0.2) is 12.0 Å². The summed E-state index contributed by atoms with van der Waals surface area (Å²) in [5, 5.41) is 5.55. The molecule has 0 saturated carbocycles. The third-order valence-electron chi connectivity index (χ3n) is 5.87. The summed E-state index contributed by atoms with van der Waals surface area (Å²) in [6, 6.07) is 10.1. The standard InChI is InChI=1S/C28H32N6O4/c1-33(2)14-15-34(28(36)32-26-19-37-18-25(38-26)21-8-4-3-5-9-21)17-20-12-13-24(30-16-20)27(35)31-23-11-7-6-10-22(23)29/h3-4,6-8,10-13,16,18-19H,5,9,14-15,17,29H2,1-2H3,(H,31,35)(H,32,36). The molecule has 0 spiro atoms. The molecule has 0 bridgehead atoms. The molecule has 1 aliphatic heterocycles. The number of amides is 3. The Kier molecular flexibility index (Phi) is 8.78. The monoisotopic (exact) mass is 516 g/mol. The minimum absolute atomic E-state index is 0.211. The lowest BCUT2D eigenvalue weighted by Gasteiger charge is -2.26. The Morgan fingerprint density at radius 1 is 1.08 bits per heavy atom. The van der Waals surface area contributed by atoms with Gasteiger partial charge in [0, 0.05) is 25.8 Å². The summed E-state index contributed by atoms with van der Waals surface area (Å²) in [5.41, 5.74) is 8.91. The second kappa shape index (κ2) is 12.6. The number of carbonyl (C=O) groups excluding carboxylic acids is 2. The number of para-hydroxylation sites is 2. The van der Waals surface area contributed by atoms with Gasteiger partial charge in [-0.2, -0.15) is 0 Å². The van der Waals surface area contributed by atoms with Crippen molar-refractivity contribution >= 4 is 23.3 Å². The number of benzene rings is 1. The molecule has 2 aromatic rings. The number of hydrogen-bond acceptors (Lipinski definition) is 7. The van der Waals surface area contributed by atoms with Crippen LogP contribution in [-0.4, -0.2) is 53.9 Å². The van der Waals surface area contributed by atoms with Crippen LogP contribution in [0.25, 0.3) is 0 Å². The molecule has 0 unspecified atom stereocenters. The van der Waals surface area contributed by atoms with E-state index in [0.717, 1.165) is 24.0 Å². The quantitative estimate of drug-likeness (QED) is 0.431. The fourth-order valence-corrected chi connectivity index (χ4v) is 3.76. The number of nitrogens with one attached hydrogen (secondary N) is 2. The fraction of sp³-hybridized carbons (Fsp3) is 0.250. The number of nitrogens with zero attached hydrogens (tertiary/aromatic N) is 3. The molecule has 10 nitrogen and oxygen atoms in total. The molecule has 0 fully saturated rings. The van der Waals surface area contributed by atoms with Crippen molar-refractivity contribution < 1.29 is 19.1 Å². The molecule has 2 heterocycles. The molecule has 1 aromatic carbocycles. The molecule has 0 saturated heterocycles. The highest BCUT2D eigenvalue weighted by Gasteiger charge is 2.21. The minimum Gasteiger partial charge on any atom is -0.463 e. The number of hydrogen-bond donors (Lipinski definition) is 3. The predicted molar refractivity (Wildman–Crippen MR) is 145 cm³/mol. The molecule has 4 N–H and O–H groups in total. The molecule has 0 atom stereocenters. The van der Waals surface area contributed by atoms with Crippen LogP contribution in [0, 0.1) is 0 Å². The van der Waals surface area contributed by atoms with Crippen LogP contribution in [0.1, 0.15) is 28.9 Å². The van der Waals surface area contributed by atoms with Crippen LogP contribution in [0.5, 0.6) is 0 Å². The summed E-state index contributed by atoms with van der Waals surface area (Å²) in [6.07, 6.45) is 12.3. The summed E-state index contributed by atoms with van der Waals surface area (Å²) >= 11 is 0. The van der Waals surface area contributed by atoms with Crippen LogP contribution in [0.4, 0.5) is 16.2 Å². The van der Waals surface area contributed by atoms with Gasteiger partial charge in [0.05, 0.1) is 11.4 Å². The first-order valence-electron chi connectivity index (χ1n) is 12.3. The van der Waals surface area contributed by atoms with Crippen molar-refractivity contribution in [1.29, 1.82) is 0 Å². The first-order valence-corrected chi connectivity index (χ1v) is 12.3. The van der Waals surface area contributed by atoms with E-state index in [1.807, 2.05) is 31.1 Å². The van der Waals surface area contributed by atoms with Crippen molar-refractivity contribution in [1.82, 2.24) is 20.1 Å². The van der Waals surface area contributed by atoms with Gasteiger partial charge in [0.1, 0.15) is 12.0 Å². The Bertz CT molecular complexity index is 1280. The smallest absolute Gasteiger partial charge is 0.324 e. The van der Waals surface area contributed by atoms with Crippen LogP contribution in [0.15, 0.2) is 90.6 Å². The third kappa shape index (κ3) is 7.23. The highest BCUT2D eigenvalue weighted by atomic mass is 16.6. The Hall–Kier alpha value is -4.57. The van der Waals surface area contributed by atoms with Crippen LogP contribution >= 0.6 is 0 Å². The molecule has 4 rings (SSSR count). The van der Waals surface area contributed by atoms with Gasteiger partial charge in [-0.15, -0.1) is 0 Å². The van der Waals surface area contributed by atoms with Crippen LogP contribution in [0.2, 0.25) is 0 Å². The van der Waals surface area contributed by atoms with Crippen molar-refractivity contribution in [2.45, 2.75) is 19.4 Å². The zero-order valence-corrected chi connectivity index (χ0v) is 21.5. The lowest BCUT2D eigenvalue weighted by molar-refractivity contribution is 0.102. The molecular formula is C28H32N6O4. The number of nitrogen functional groups attached to an aromatic ring is 1. The minimum atomic E-state index is -0.370. The van der Waals surface area contributed by atoms with E-state index in [9.17, 15) is 9.59 Å². The highest BCUT2D eigenvalue weighted by Crippen LogP contribution is 2.25. The van der Waals surface area contributed by atoms with Crippen molar-refractivity contribution in [3.8, 4) is 0 Å². The maximum Gasteiger partial charge on any atom is 0.324 e. The number of aromatic nitrogens is 1. The van der Waals surface area contributed by atoms with E-state index in [4.69, 9.17) is 15.2 Å². The second-order valence-corrected chi connectivity index (χ2v) is 9.11. The normalized spacial score (nSPS) is 14.4. The van der Waals surface area contributed by atoms with Gasteiger partial charge in [0.2, 0.25) is 5.88 Å². The van der Waals surface area contributed by atoms with Gasteiger partial charge in [-0.3, -0.25) is 15.1 Å². The van der Waals surface area contributed by atoms with Gasteiger partial charge in [0.25, 0.3) is 5.91 Å². The number of carbonyl (C=O) groups is 2. The molecular weight excluding hydrogens is 484 g/mol. The fourth-order valence-electron chi connectivity index (χ4n) is 3.76. The van der Waals surface area contributed by atoms with E-state index in [0.29, 0.717) is 30.2 Å². The van der Waals surface area contributed by atoms with Gasteiger partial charge in [-0.1, -0.05) is 36.4 Å². The maximum atomic E-state index is 13.2. The first-order chi connectivity index (χ1) is 18.4. The van der Waals surface area contributed by atoms with Crippen LogP contribution < -0.4 is 16.4 Å². The highest BCUT2D eigenvalue weighted by molar-refractivity contribution is 6.04. The number of rotatable bonds is 9. The van der Waals surface area contributed by atoms with E-state index in [1.165, 1.54) is 12.5 Å². The number of allylic oxidation sites excluding steroid dienone is 4. The first kappa shape index (κ1) is 26.5. The number of urea groups is 1. The predicted octanol–water partition coefficient (Wildman–Crippen LogP) is 3.95. The Morgan fingerprint density at radius 2 is 1.92 bits per heavy atom. The van der Waals surface area contributed by atoms with Crippen molar-refractivity contribution in [3.63, 3.8) is 0 Å². The van der Waals surface area contributed by atoms with Gasteiger partial charge < -0.3 is 30.3 Å². The van der Waals surface area contributed by atoms with E-state index < -0.39 is 0 Å². The summed E-state index contributed by atoms with van der Waals surface area (Å²) in [7, 11) is 3.88. The van der Waals surface area contributed by atoms with Crippen LogP contribution in [-0.2, 0) is 16.0 Å². The Labute approximate surface area is 222 Å². The van der Waals surface area contributed by atoms with Gasteiger partial charge in [-0.05, 0) is 56.3 Å². The third-order valence-corrected chi connectivity index (χ3v) is 5.87. The SMILES string of the molecule is CN(C)CCN(Cc1ccc(C(=O)Nc2ccccc2N)nc1)C(=O)NC1=COC=C(C2=CC=CCC2)O1. The molecule has 10 heteroatoms. The van der Waals surface area contributed by atoms with E-state index in [1.54, 1.807) is 47.5 Å². The number of pyridine rings is 1. The van der Waals surface area contributed by atoms with Crippen molar-refractivity contribution in [2.24, 2.45) is 0 Å². The van der Waals surface area contributed by atoms with E-state index >= 15 is 0 Å². The van der Waals surface area contributed by atoms with Gasteiger partial charge >= 0.3 is 6.03 Å². The van der Waals surface area contributed by atoms with Crippen molar-refractivity contribution in [3.05, 3.63) is 102 Å². The van der Waals surface area contributed by atoms with Crippen LogP contribution in [0.3, 0.4) is 0 Å². The van der Waals surface area contributed by atoms with Crippen molar-refractivity contribution in [2.75, 3.05) is 38.2 Å². The molecule has 38 heavy (non-hydrogen) atoms. The van der Waals surface area contributed by atoms with E-state index in [-0.39, 0.29) is 30.1 Å². The van der Waals surface area contributed by atoms with Gasteiger partial charge in [-0.25, -0.2) is 4.79 Å². The zero-order valence-electron chi connectivity index (χ0n) is 21.5. The molecule has 1 aromatic heterocycles. The number of anilines is 2. The summed E-state index contributed by atoms with van der Waals surface area (Å²) in [6.45, 7) is 1.40. The average Bonchev–Trinajstić information content (AvgIpc) is 2.93. The number of ether oxygens (including phenoxy) is 2. The summed E-state index contributed by atoms with van der Waals surface area (Å²) in [5.74, 6) is 0.413. The molecule has 0 radical (unpaired) electrons. The Balaban J connectivity index is 1.39. The zero-order chi connectivity index (χ0) is 26.9. The number of nitrogens with two attached hydrogens (primary N) is 1. The molecule has 2 aliphatic rings. The largest absolute Gasteiger partial charge is 0.463 e. The molecule has 3 amide bonds. The molecule has 198 valence electrons. The summed E-state index contributed by atoms with van der Waals surface area (Å²) < 4.78 is 11.3. The average molecular weight is 517 g/mol. The summed E-state index contributed by atoms with van der Waals surface area (Å²) in [4.78, 5) is 33.7. The lowest BCUT2D eigenvalue weighted by atomic mass is 10.0. The maximum absolute atomic E-state index is 13.2. The topological polar surface area (TPSA) is 122 Å². The second-order valence-electron chi connectivity index (χ2n) is 9.11. The Morgan fingerprint density at radius 3 is 2.63 bits per heavy atom. The lowest BCUT2D eigenvalue weighted by Crippen LogP contribution is -2.42. The molecule has 1 aliphatic carbocycles. The van der Waals surface area contributed by atoms with E-state index in [2.05, 4.69) is 21.7 Å².